The summed E-state index contributed by atoms with van der Waals surface area (Å²) >= 11 is 0. The molecule has 0 aliphatic carbocycles. The number of carbonyl (C=O) groups is 1. The van der Waals surface area contributed by atoms with Gasteiger partial charge in [0.05, 0.1) is 0 Å². The van der Waals surface area contributed by atoms with Crippen molar-refractivity contribution < 1.29 is 4.79 Å². The molecule has 3 heteroatoms. The van der Waals surface area contributed by atoms with Gasteiger partial charge in [0.2, 0.25) is 5.91 Å². The zero-order chi connectivity index (χ0) is 11.1. The lowest BCUT2D eigenvalue weighted by Gasteiger charge is -1.95. The van der Waals surface area contributed by atoms with Crippen LogP contribution in [0.25, 0.3) is 0 Å². The van der Waals surface area contributed by atoms with Crippen LogP contribution in [0, 0.1) is 18.8 Å². The largest absolute Gasteiger partial charge is 0.355 e. The molecule has 0 saturated heterocycles. The maximum atomic E-state index is 10.6. The normalized spacial score (nSPS) is 8.93. The zero-order valence-electron chi connectivity index (χ0n) is 9.00. The van der Waals surface area contributed by atoms with E-state index in [4.69, 9.17) is 0 Å². The molecule has 1 N–H and O–H groups in total. The second-order valence-electron chi connectivity index (χ2n) is 3.20. The summed E-state index contributed by atoms with van der Waals surface area (Å²) in [6.45, 7) is 4.06. The van der Waals surface area contributed by atoms with Gasteiger partial charge in [0.25, 0.3) is 0 Å². The SMILES string of the molecule is CC(=O)NCCC#Cc1ncccc1C. The van der Waals surface area contributed by atoms with Crippen LogP contribution >= 0.6 is 0 Å². The summed E-state index contributed by atoms with van der Waals surface area (Å²) in [5, 5.41) is 2.68. The lowest BCUT2D eigenvalue weighted by atomic mass is 10.2. The molecule has 1 heterocycles. The summed E-state index contributed by atoms with van der Waals surface area (Å²) in [4.78, 5) is 14.7. The van der Waals surface area contributed by atoms with Gasteiger partial charge in [0.1, 0.15) is 5.69 Å². The van der Waals surface area contributed by atoms with Crippen LogP contribution in [0.15, 0.2) is 18.3 Å². The number of nitrogens with zero attached hydrogens (tertiary/aromatic N) is 1. The summed E-state index contributed by atoms with van der Waals surface area (Å²) in [5.74, 6) is 5.92. The molecule has 78 valence electrons. The number of aromatic nitrogens is 1. The molecular weight excluding hydrogens is 188 g/mol. The van der Waals surface area contributed by atoms with E-state index in [1.807, 2.05) is 19.1 Å². The highest BCUT2D eigenvalue weighted by Gasteiger charge is 1.92. The van der Waals surface area contributed by atoms with Crippen LogP contribution in [-0.2, 0) is 4.79 Å². The van der Waals surface area contributed by atoms with E-state index in [9.17, 15) is 4.79 Å². The second kappa shape index (κ2) is 5.82. The highest BCUT2D eigenvalue weighted by Crippen LogP contribution is 2.00. The number of hydrogen-bond donors (Lipinski definition) is 1. The minimum atomic E-state index is -0.0224. The van der Waals surface area contributed by atoms with Gasteiger partial charge in [-0.15, -0.1) is 0 Å². The van der Waals surface area contributed by atoms with Gasteiger partial charge >= 0.3 is 0 Å². The number of nitrogens with one attached hydrogen (secondary N) is 1. The van der Waals surface area contributed by atoms with Crippen molar-refractivity contribution in [2.45, 2.75) is 20.3 Å². The van der Waals surface area contributed by atoms with E-state index in [1.54, 1.807) is 6.20 Å². The van der Waals surface area contributed by atoms with E-state index >= 15 is 0 Å². The third-order valence-electron chi connectivity index (χ3n) is 1.84. The number of hydrogen-bond acceptors (Lipinski definition) is 2. The van der Waals surface area contributed by atoms with E-state index in [0.717, 1.165) is 11.3 Å². The standard InChI is InChI=1S/C12H14N2O/c1-10-6-5-9-14-12(10)7-3-4-8-13-11(2)15/h5-6,9H,4,8H2,1-2H3,(H,13,15). The van der Waals surface area contributed by atoms with E-state index in [-0.39, 0.29) is 5.91 Å². The molecule has 3 nitrogen and oxygen atoms in total. The quantitative estimate of drug-likeness (QED) is 0.579. The van der Waals surface area contributed by atoms with Gasteiger partial charge < -0.3 is 5.32 Å². The van der Waals surface area contributed by atoms with Gasteiger partial charge in [-0.25, -0.2) is 4.98 Å². The van der Waals surface area contributed by atoms with Crippen LogP contribution in [-0.4, -0.2) is 17.4 Å². The van der Waals surface area contributed by atoms with Crippen molar-refractivity contribution in [3.05, 3.63) is 29.6 Å². The molecule has 0 saturated carbocycles. The molecule has 1 amide bonds. The van der Waals surface area contributed by atoms with Gasteiger partial charge in [-0.05, 0) is 24.5 Å². The smallest absolute Gasteiger partial charge is 0.216 e. The van der Waals surface area contributed by atoms with Crippen LogP contribution in [0.1, 0.15) is 24.6 Å². The van der Waals surface area contributed by atoms with Crippen molar-refractivity contribution in [1.82, 2.24) is 10.3 Å². The molecule has 0 spiro atoms. The number of aryl methyl sites for hydroxylation is 1. The molecule has 0 aliphatic heterocycles. The monoisotopic (exact) mass is 202 g/mol. The molecular formula is C12H14N2O. The predicted molar refractivity (Wildman–Crippen MR) is 59.2 cm³/mol. The molecule has 15 heavy (non-hydrogen) atoms. The van der Waals surface area contributed by atoms with Crippen molar-refractivity contribution >= 4 is 5.91 Å². The van der Waals surface area contributed by atoms with E-state index in [1.165, 1.54) is 6.92 Å². The van der Waals surface area contributed by atoms with Crippen LogP contribution in [0.5, 0.6) is 0 Å². The summed E-state index contributed by atoms with van der Waals surface area (Å²) < 4.78 is 0. The Morgan fingerprint density at radius 1 is 1.60 bits per heavy atom. The van der Waals surface area contributed by atoms with Crippen molar-refractivity contribution in [3.8, 4) is 11.8 Å². The van der Waals surface area contributed by atoms with Gasteiger partial charge in [-0.3, -0.25) is 4.79 Å². The maximum Gasteiger partial charge on any atom is 0.216 e. The average molecular weight is 202 g/mol. The van der Waals surface area contributed by atoms with Gasteiger partial charge in [0.15, 0.2) is 0 Å². The molecule has 1 aromatic heterocycles. The van der Waals surface area contributed by atoms with Crippen LogP contribution in [0.4, 0.5) is 0 Å². The molecule has 0 fully saturated rings. The Hall–Kier alpha value is -1.82. The summed E-state index contributed by atoms with van der Waals surface area (Å²) in [7, 11) is 0. The zero-order valence-corrected chi connectivity index (χ0v) is 9.00. The number of pyridine rings is 1. The number of carbonyl (C=O) groups excluding carboxylic acids is 1. The topological polar surface area (TPSA) is 42.0 Å². The predicted octanol–water partition coefficient (Wildman–Crippen LogP) is 1.27. The molecule has 0 unspecified atom stereocenters. The molecule has 0 atom stereocenters. The fourth-order valence-electron chi connectivity index (χ4n) is 1.06. The van der Waals surface area contributed by atoms with Crippen molar-refractivity contribution in [3.63, 3.8) is 0 Å². The van der Waals surface area contributed by atoms with Crippen molar-refractivity contribution in [1.29, 1.82) is 0 Å². The number of amides is 1. The lowest BCUT2D eigenvalue weighted by molar-refractivity contribution is -0.118. The second-order valence-corrected chi connectivity index (χ2v) is 3.20. The Morgan fingerprint density at radius 2 is 2.40 bits per heavy atom. The molecule has 0 aliphatic rings. The molecule has 1 rings (SSSR count). The van der Waals surface area contributed by atoms with Crippen LogP contribution in [0.3, 0.4) is 0 Å². The molecule has 0 radical (unpaired) electrons. The Balaban J connectivity index is 2.45. The average Bonchev–Trinajstić information content (AvgIpc) is 2.20. The van der Waals surface area contributed by atoms with Crippen molar-refractivity contribution in [2.24, 2.45) is 0 Å². The highest BCUT2D eigenvalue weighted by atomic mass is 16.1. The molecule has 0 aromatic carbocycles. The number of rotatable bonds is 2. The Morgan fingerprint density at radius 3 is 3.07 bits per heavy atom. The Labute approximate surface area is 89.9 Å². The highest BCUT2D eigenvalue weighted by molar-refractivity contribution is 5.72. The minimum Gasteiger partial charge on any atom is -0.355 e. The minimum absolute atomic E-state index is 0.0224. The first kappa shape index (κ1) is 11.3. The Bertz CT molecular complexity index is 402. The third kappa shape index (κ3) is 4.28. The first-order valence-electron chi connectivity index (χ1n) is 4.85. The Kier molecular flexibility index (Phi) is 4.36. The summed E-state index contributed by atoms with van der Waals surface area (Å²) in [6.07, 6.45) is 2.38. The van der Waals surface area contributed by atoms with Gasteiger partial charge in [-0.2, -0.15) is 0 Å². The summed E-state index contributed by atoms with van der Waals surface area (Å²) in [6, 6.07) is 3.86. The van der Waals surface area contributed by atoms with Crippen LogP contribution < -0.4 is 5.32 Å². The lowest BCUT2D eigenvalue weighted by Crippen LogP contribution is -2.20. The third-order valence-corrected chi connectivity index (χ3v) is 1.84. The fourth-order valence-corrected chi connectivity index (χ4v) is 1.06. The maximum absolute atomic E-state index is 10.6. The van der Waals surface area contributed by atoms with Gasteiger partial charge in [0, 0.05) is 26.1 Å². The van der Waals surface area contributed by atoms with Crippen LogP contribution in [0.2, 0.25) is 0 Å². The fraction of sp³-hybridized carbons (Fsp3) is 0.333. The molecule has 1 aromatic rings. The summed E-state index contributed by atoms with van der Waals surface area (Å²) in [5.41, 5.74) is 1.88. The van der Waals surface area contributed by atoms with E-state index in [0.29, 0.717) is 13.0 Å². The van der Waals surface area contributed by atoms with Gasteiger partial charge in [-0.1, -0.05) is 12.0 Å². The van der Waals surface area contributed by atoms with Crippen molar-refractivity contribution in [2.75, 3.05) is 6.54 Å². The first-order valence-corrected chi connectivity index (χ1v) is 4.85. The first-order chi connectivity index (χ1) is 7.20. The molecule has 0 bridgehead atoms. The van der Waals surface area contributed by atoms with E-state index in [2.05, 4.69) is 22.1 Å². The van der Waals surface area contributed by atoms with E-state index < -0.39 is 0 Å².